The van der Waals surface area contributed by atoms with E-state index in [2.05, 4.69) is 58.3 Å². The Labute approximate surface area is 176 Å². The summed E-state index contributed by atoms with van der Waals surface area (Å²) in [5, 5.41) is 4.94. The number of carbonyl (C=O) groups excluding carboxylic acids is 1. The van der Waals surface area contributed by atoms with Crippen LogP contribution in [0.1, 0.15) is 27.9 Å². The molecule has 3 aromatic rings. The predicted molar refractivity (Wildman–Crippen MR) is 119 cm³/mol. The average molecular weight is 461 g/mol. The van der Waals surface area contributed by atoms with E-state index >= 15 is 0 Å². The first-order valence-corrected chi connectivity index (χ1v) is 11.3. The van der Waals surface area contributed by atoms with E-state index in [-0.39, 0.29) is 12.3 Å². The first kappa shape index (κ1) is 20.1. The van der Waals surface area contributed by atoms with Crippen LogP contribution in [0.2, 0.25) is 0 Å². The zero-order valence-corrected chi connectivity index (χ0v) is 18.7. The van der Waals surface area contributed by atoms with E-state index in [1.807, 2.05) is 30.5 Å². The van der Waals surface area contributed by atoms with Gasteiger partial charge in [-0.3, -0.25) is 4.79 Å². The lowest BCUT2D eigenvalue weighted by molar-refractivity contribution is -0.115. The molecule has 0 radical (unpaired) electrons. The third-order valence-electron chi connectivity index (χ3n) is 4.19. The molecule has 0 spiro atoms. The Kier molecular flexibility index (Phi) is 6.73. The van der Waals surface area contributed by atoms with Gasteiger partial charge < -0.3 is 5.32 Å². The van der Waals surface area contributed by atoms with Crippen LogP contribution in [-0.4, -0.2) is 10.9 Å². The maximum absolute atomic E-state index is 12.3. The number of halogens is 1. The number of hydrogen-bond donors (Lipinski definition) is 1. The number of thioether (sulfide) groups is 1. The lowest BCUT2D eigenvalue weighted by atomic mass is 10.1. The molecular formula is C21H21BrN2OS2. The fourth-order valence-corrected chi connectivity index (χ4v) is 5.04. The summed E-state index contributed by atoms with van der Waals surface area (Å²) in [6.07, 6.45) is 0.288. The molecule has 0 aliphatic carbocycles. The largest absolute Gasteiger partial charge is 0.326 e. The molecule has 140 valence electrons. The maximum Gasteiger partial charge on any atom is 0.230 e. The maximum atomic E-state index is 12.3. The number of aryl methyl sites for hydroxylation is 3. The molecule has 0 fully saturated rings. The van der Waals surface area contributed by atoms with Crippen molar-refractivity contribution in [1.82, 2.24) is 4.98 Å². The lowest BCUT2D eigenvalue weighted by Gasteiger charge is -2.08. The van der Waals surface area contributed by atoms with Crippen LogP contribution in [0.15, 0.2) is 50.6 Å². The second-order valence-corrected chi connectivity index (χ2v) is 9.50. The molecule has 6 heteroatoms. The zero-order valence-electron chi connectivity index (χ0n) is 15.5. The quantitative estimate of drug-likeness (QED) is 0.438. The third-order valence-corrected chi connectivity index (χ3v) is 6.80. The number of aromatic nitrogens is 1. The van der Waals surface area contributed by atoms with Crippen molar-refractivity contribution in [3.63, 3.8) is 0 Å². The van der Waals surface area contributed by atoms with Crippen molar-refractivity contribution in [3.05, 3.63) is 74.2 Å². The highest BCUT2D eigenvalue weighted by atomic mass is 79.9. The molecule has 0 bridgehead atoms. The van der Waals surface area contributed by atoms with E-state index in [9.17, 15) is 4.79 Å². The summed E-state index contributed by atoms with van der Waals surface area (Å²) in [7, 11) is 0. The van der Waals surface area contributed by atoms with Crippen LogP contribution in [0.25, 0.3) is 0 Å². The molecule has 3 nitrogen and oxygen atoms in total. The number of thiazole rings is 1. The molecule has 0 unspecified atom stereocenters. The topological polar surface area (TPSA) is 42.0 Å². The average Bonchev–Trinajstić information content (AvgIpc) is 3.05. The van der Waals surface area contributed by atoms with E-state index < -0.39 is 0 Å². The molecule has 0 aliphatic heterocycles. The fourth-order valence-electron chi connectivity index (χ4n) is 2.66. The second kappa shape index (κ2) is 9.04. The minimum atomic E-state index is -0.0446. The molecular weight excluding hydrogens is 440 g/mol. The molecule has 1 amide bonds. The number of anilines is 1. The Morgan fingerprint density at radius 2 is 1.96 bits per heavy atom. The Morgan fingerprint density at radius 1 is 1.15 bits per heavy atom. The minimum Gasteiger partial charge on any atom is -0.326 e. The van der Waals surface area contributed by atoms with Crippen molar-refractivity contribution >= 4 is 50.6 Å². The number of rotatable bonds is 6. The first-order valence-electron chi connectivity index (χ1n) is 8.60. The van der Waals surface area contributed by atoms with Crippen LogP contribution < -0.4 is 5.32 Å². The number of carbonyl (C=O) groups is 1. The number of amides is 1. The number of nitrogens with zero attached hydrogens (tertiary/aromatic N) is 1. The molecule has 1 aromatic heterocycles. The highest BCUT2D eigenvalue weighted by Crippen LogP contribution is 2.28. The first-order chi connectivity index (χ1) is 12.9. The normalized spacial score (nSPS) is 10.8. The van der Waals surface area contributed by atoms with E-state index in [4.69, 9.17) is 0 Å². The summed E-state index contributed by atoms with van der Waals surface area (Å²) >= 11 is 6.76. The standard InChI is InChI=1S/C21H21BrN2OS2/c1-13-4-5-14(2)16(8-13)11-26-21-23-18(12-27-21)10-20(25)24-19-7-6-17(22)9-15(19)3/h4-9,12H,10-11H2,1-3H3,(H,24,25). The molecule has 0 aliphatic rings. The summed E-state index contributed by atoms with van der Waals surface area (Å²) < 4.78 is 2.00. The van der Waals surface area contributed by atoms with Gasteiger partial charge in [-0.15, -0.1) is 11.3 Å². The SMILES string of the molecule is Cc1ccc(C)c(CSc2nc(CC(=O)Nc3ccc(Br)cc3C)cs2)c1. The summed E-state index contributed by atoms with van der Waals surface area (Å²) in [5.41, 5.74) is 6.59. The van der Waals surface area contributed by atoms with Gasteiger partial charge in [0.2, 0.25) is 5.91 Å². The Hall–Kier alpha value is -1.63. The van der Waals surface area contributed by atoms with Gasteiger partial charge in [0, 0.05) is 21.3 Å². The molecule has 0 atom stereocenters. The molecule has 3 rings (SSSR count). The van der Waals surface area contributed by atoms with Crippen LogP contribution >= 0.6 is 39.0 Å². The summed E-state index contributed by atoms with van der Waals surface area (Å²) in [6.45, 7) is 6.23. The van der Waals surface area contributed by atoms with E-state index in [0.717, 1.165) is 31.5 Å². The Bertz CT molecular complexity index is 969. The smallest absolute Gasteiger partial charge is 0.230 e. The van der Waals surface area contributed by atoms with Crippen LogP contribution in [0.5, 0.6) is 0 Å². The van der Waals surface area contributed by atoms with Crippen molar-refractivity contribution in [1.29, 1.82) is 0 Å². The molecule has 1 N–H and O–H groups in total. The van der Waals surface area contributed by atoms with Gasteiger partial charge in [-0.2, -0.15) is 0 Å². The predicted octanol–water partition coefficient (Wildman–Crippen LogP) is 6.30. The van der Waals surface area contributed by atoms with Gasteiger partial charge in [0.15, 0.2) is 0 Å². The lowest BCUT2D eigenvalue weighted by Crippen LogP contribution is -2.15. The summed E-state index contributed by atoms with van der Waals surface area (Å²) in [4.78, 5) is 16.9. The van der Waals surface area contributed by atoms with Crippen LogP contribution in [-0.2, 0) is 17.0 Å². The van der Waals surface area contributed by atoms with Gasteiger partial charge in [0.25, 0.3) is 0 Å². The van der Waals surface area contributed by atoms with Gasteiger partial charge >= 0.3 is 0 Å². The van der Waals surface area contributed by atoms with Crippen molar-refractivity contribution in [2.24, 2.45) is 0 Å². The van der Waals surface area contributed by atoms with E-state index in [1.165, 1.54) is 16.7 Å². The highest BCUT2D eigenvalue weighted by Gasteiger charge is 2.10. The molecule has 0 saturated heterocycles. The Morgan fingerprint density at radius 3 is 2.74 bits per heavy atom. The van der Waals surface area contributed by atoms with Gasteiger partial charge in [-0.1, -0.05) is 51.5 Å². The molecule has 0 saturated carbocycles. The fraction of sp³-hybridized carbons (Fsp3) is 0.238. The highest BCUT2D eigenvalue weighted by molar-refractivity contribution is 9.10. The third kappa shape index (κ3) is 5.67. The minimum absolute atomic E-state index is 0.0446. The van der Waals surface area contributed by atoms with E-state index in [0.29, 0.717) is 0 Å². The van der Waals surface area contributed by atoms with E-state index in [1.54, 1.807) is 23.1 Å². The van der Waals surface area contributed by atoms with Gasteiger partial charge in [-0.05, 0) is 55.7 Å². The van der Waals surface area contributed by atoms with Gasteiger partial charge in [-0.25, -0.2) is 4.98 Å². The number of nitrogens with one attached hydrogen (secondary N) is 1. The van der Waals surface area contributed by atoms with Crippen molar-refractivity contribution in [2.45, 2.75) is 37.3 Å². The monoisotopic (exact) mass is 460 g/mol. The van der Waals surface area contributed by atoms with Crippen LogP contribution in [0, 0.1) is 20.8 Å². The zero-order chi connectivity index (χ0) is 19.4. The molecule has 27 heavy (non-hydrogen) atoms. The second-order valence-electron chi connectivity index (χ2n) is 6.51. The number of hydrogen-bond acceptors (Lipinski definition) is 4. The van der Waals surface area contributed by atoms with Gasteiger partial charge in [0.05, 0.1) is 12.1 Å². The molecule has 2 aromatic carbocycles. The van der Waals surface area contributed by atoms with Crippen molar-refractivity contribution in [2.75, 3.05) is 5.32 Å². The summed E-state index contributed by atoms with van der Waals surface area (Å²) in [5.74, 6) is 0.849. The number of benzene rings is 2. The van der Waals surface area contributed by atoms with Gasteiger partial charge in [0.1, 0.15) is 4.34 Å². The van der Waals surface area contributed by atoms with Crippen LogP contribution in [0.3, 0.4) is 0 Å². The van der Waals surface area contributed by atoms with Crippen molar-refractivity contribution in [3.8, 4) is 0 Å². The van der Waals surface area contributed by atoms with Crippen LogP contribution in [0.4, 0.5) is 5.69 Å². The summed E-state index contributed by atoms with van der Waals surface area (Å²) in [6, 6.07) is 12.3. The molecule has 1 heterocycles. The van der Waals surface area contributed by atoms with Crippen molar-refractivity contribution < 1.29 is 4.79 Å². The Balaban J connectivity index is 1.57.